The zero-order chi connectivity index (χ0) is 13.6. The number of nitrogens with one attached hydrogen (secondary N) is 1. The van der Waals surface area contributed by atoms with Gasteiger partial charge in [-0.1, -0.05) is 0 Å². The summed E-state index contributed by atoms with van der Waals surface area (Å²) < 4.78 is 2.13. The largest absolute Gasteiger partial charge is 0.366 e. The molecule has 0 bridgehead atoms. The molecule has 0 saturated carbocycles. The molecule has 3 rings (SSSR count). The Hall–Kier alpha value is -0.880. The number of nitrogens with zero attached hydrogens (tertiary/aromatic N) is 3. The number of halogens is 1. The van der Waals surface area contributed by atoms with Crippen molar-refractivity contribution in [2.24, 2.45) is 11.8 Å². The molecule has 5 nitrogen and oxygen atoms in total. The molecule has 3 atom stereocenters. The predicted molar refractivity (Wildman–Crippen MR) is 78.5 cm³/mol. The zero-order valence-corrected chi connectivity index (χ0v) is 12.9. The maximum Gasteiger partial charge on any atom is 0.283 e. The van der Waals surface area contributed by atoms with E-state index in [-0.39, 0.29) is 5.56 Å². The second-order valence-corrected chi connectivity index (χ2v) is 6.23. The maximum absolute atomic E-state index is 12.1. The molecule has 2 aliphatic rings. The molecule has 1 N–H and O–H groups in total. The van der Waals surface area contributed by atoms with Gasteiger partial charge in [-0.25, -0.2) is 4.68 Å². The normalized spacial score (nSPS) is 29.8. The van der Waals surface area contributed by atoms with E-state index < -0.39 is 0 Å². The fourth-order valence-electron chi connectivity index (χ4n) is 3.37. The summed E-state index contributed by atoms with van der Waals surface area (Å²) in [7, 11) is 0. The van der Waals surface area contributed by atoms with E-state index in [2.05, 4.69) is 38.2 Å². The molecule has 3 heterocycles. The molecule has 1 aromatic heterocycles. The zero-order valence-electron chi connectivity index (χ0n) is 11.3. The van der Waals surface area contributed by atoms with E-state index in [1.54, 1.807) is 0 Å². The first kappa shape index (κ1) is 13.1. The van der Waals surface area contributed by atoms with E-state index in [0.717, 1.165) is 25.3 Å². The van der Waals surface area contributed by atoms with Crippen LogP contribution in [0.5, 0.6) is 0 Å². The quantitative estimate of drug-likeness (QED) is 0.883. The number of anilines is 1. The van der Waals surface area contributed by atoms with Crippen molar-refractivity contribution >= 4 is 21.6 Å². The Balaban J connectivity index is 1.95. The third-order valence-electron chi connectivity index (χ3n) is 4.51. The van der Waals surface area contributed by atoms with Crippen molar-refractivity contribution in [2.75, 3.05) is 24.5 Å². The van der Waals surface area contributed by atoms with Gasteiger partial charge >= 0.3 is 0 Å². The summed E-state index contributed by atoms with van der Waals surface area (Å²) in [6.07, 6.45) is 1.82. The number of hydrogen-bond acceptors (Lipinski definition) is 4. The van der Waals surface area contributed by atoms with Crippen molar-refractivity contribution in [3.05, 3.63) is 21.0 Å². The smallest absolute Gasteiger partial charge is 0.283 e. The molecule has 0 radical (unpaired) electrons. The van der Waals surface area contributed by atoms with Crippen molar-refractivity contribution < 1.29 is 0 Å². The first-order valence-corrected chi connectivity index (χ1v) is 7.65. The lowest BCUT2D eigenvalue weighted by Crippen LogP contribution is -2.35. The highest BCUT2D eigenvalue weighted by atomic mass is 79.9. The third-order valence-corrected chi connectivity index (χ3v) is 5.26. The molecule has 2 aliphatic heterocycles. The van der Waals surface area contributed by atoms with Gasteiger partial charge in [0.1, 0.15) is 4.47 Å². The molecule has 2 fully saturated rings. The minimum Gasteiger partial charge on any atom is -0.366 e. The highest BCUT2D eigenvalue weighted by molar-refractivity contribution is 9.10. The van der Waals surface area contributed by atoms with Crippen LogP contribution in [0.25, 0.3) is 0 Å². The Bertz CT molecular complexity index is 544. The van der Waals surface area contributed by atoms with E-state index in [0.29, 0.717) is 28.9 Å². The van der Waals surface area contributed by atoms with E-state index in [1.807, 2.05) is 13.1 Å². The van der Waals surface area contributed by atoms with Crippen LogP contribution < -0.4 is 15.8 Å². The van der Waals surface area contributed by atoms with E-state index in [1.165, 1.54) is 4.68 Å². The fourth-order valence-corrected chi connectivity index (χ4v) is 3.90. The van der Waals surface area contributed by atoms with Crippen molar-refractivity contribution in [1.82, 2.24) is 15.1 Å². The summed E-state index contributed by atoms with van der Waals surface area (Å²) in [5.74, 6) is 1.37. The average Bonchev–Trinajstić information content (AvgIpc) is 2.97. The molecule has 0 amide bonds. The molecule has 6 heteroatoms. The van der Waals surface area contributed by atoms with Gasteiger partial charge in [0.15, 0.2) is 0 Å². The maximum atomic E-state index is 12.1. The van der Waals surface area contributed by atoms with E-state index >= 15 is 0 Å². The summed E-state index contributed by atoms with van der Waals surface area (Å²) >= 11 is 3.46. The van der Waals surface area contributed by atoms with Crippen LogP contribution in [0.15, 0.2) is 15.5 Å². The first-order valence-electron chi connectivity index (χ1n) is 6.86. The number of aromatic nitrogens is 2. The molecule has 2 saturated heterocycles. The second-order valence-electron chi connectivity index (χ2n) is 5.44. The second kappa shape index (κ2) is 4.90. The minimum atomic E-state index is -0.0395. The molecule has 19 heavy (non-hydrogen) atoms. The summed E-state index contributed by atoms with van der Waals surface area (Å²) in [6.45, 7) is 7.95. The Kier molecular flexibility index (Phi) is 3.39. The molecular weight excluding hydrogens is 308 g/mol. The molecule has 0 spiro atoms. The Labute approximate surface area is 121 Å². The third kappa shape index (κ3) is 2.01. The van der Waals surface area contributed by atoms with Crippen LogP contribution in [0.3, 0.4) is 0 Å². The lowest BCUT2D eigenvalue weighted by Gasteiger charge is -2.27. The number of hydrogen-bond donors (Lipinski definition) is 1. The van der Waals surface area contributed by atoms with Gasteiger partial charge in [0.2, 0.25) is 0 Å². The van der Waals surface area contributed by atoms with Crippen molar-refractivity contribution in [3.63, 3.8) is 0 Å². The van der Waals surface area contributed by atoms with Gasteiger partial charge < -0.3 is 10.2 Å². The van der Waals surface area contributed by atoms with Crippen LogP contribution in [-0.4, -0.2) is 35.5 Å². The molecule has 0 aromatic carbocycles. The molecule has 0 aliphatic carbocycles. The lowest BCUT2D eigenvalue weighted by atomic mass is 9.95. The highest BCUT2D eigenvalue weighted by Gasteiger charge is 2.42. The van der Waals surface area contributed by atoms with Crippen LogP contribution in [0.2, 0.25) is 0 Å². The van der Waals surface area contributed by atoms with Crippen LogP contribution in [-0.2, 0) is 6.54 Å². The van der Waals surface area contributed by atoms with Crippen molar-refractivity contribution in [3.8, 4) is 0 Å². The van der Waals surface area contributed by atoms with Gasteiger partial charge in [0.25, 0.3) is 5.56 Å². The van der Waals surface area contributed by atoms with Crippen LogP contribution in [0.1, 0.15) is 13.8 Å². The number of rotatable bonds is 2. The summed E-state index contributed by atoms with van der Waals surface area (Å²) in [5.41, 5.74) is 0.902. The SMILES string of the molecule is CCn1ncc(N2CC3CNCC3C2C)c(Br)c1=O. The van der Waals surface area contributed by atoms with Crippen LogP contribution >= 0.6 is 15.9 Å². The lowest BCUT2D eigenvalue weighted by molar-refractivity contribution is 0.471. The monoisotopic (exact) mass is 326 g/mol. The van der Waals surface area contributed by atoms with Crippen molar-refractivity contribution in [1.29, 1.82) is 0 Å². The number of aryl methyl sites for hydroxylation is 1. The Morgan fingerprint density at radius 1 is 1.53 bits per heavy atom. The first-order chi connectivity index (χ1) is 9.13. The summed E-state index contributed by atoms with van der Waals surface area (Å²) in [5, 5.41) is 7.70. The highest BCUT2D eigenvalue weighted by Crippen LogP contribution is 2.37. The van der Waals surface area contributed by atoms with Gasteiger partial charge in [-0.2, -0.15) is 5.10 Å². The van der Waals surface area contributed by atoms with Gasteiger partial charge in [-0.3, -0.25) is 4.79 Å². The number of fused-ring (bicyclic) bond motifs is 1. The van der Waals surface area contributed by atoms with E-state index in [4.69, 9.17) is 0 Å². The Morgan fingerprint density at radius 3 is 3.00 bits per heavy atom. The topological polar surface area (TPSA) is 50.2 Å². The van der Waals surface area contributed by atoms with Crippen LogP contribution in [0.4, 0.5) is 5.69 Å². The molecule has 104 valence electrons. The van der Waals surface area contributed by atoms with Crippen molar-refractivity contribution in [2.45, 2.75) is 26.4 Å². The molecule has 3 unspecified atom stereocenters. The fraction of sp³-hybridized carbons (Fsp3) is 0.692. The standard InChI is InChI=1S/C13H19BrN4O/c1-3-18-13(19)12(14)11(6-16-18)17-7-9-4-15-5-10(9)8(17)2/h6,8-10,15H,3-5,7H2,1-2H3. The summed E-state index contributed by atoms with van der Waals surface area (Å²) in [6, 6.07) is 0.454. The van der Waals surface area contributed by atoms with Crippen LogP contribution in [0, 0.1) is 11.8 Å². The Morgan fingerprint density at radius 2 is 2.32 bits per heavy atom. The van der Waals surface area contributed by atoms with Gasteiger partial charge in [-0.15, -0.1) is 0 Å². The average molecular weight is 327 g/mol. The predicted octanol–water partition coefficient (Wildman–Crippen LogP) is 1.07. The minimum absolute atomic E-state index is 0.0395. The molecule has 1 aromatic rings. The summed E-state index contributed by atoms with van der Waals surface area (Å²) in [4.78, 5) is 14.5. The van der Waals surface area contributed by atoms with Gasteiger partial charge in [0, 0.05) is 32.2 Å². The molecular formula is C13H19BrN4O. The van der Waals surface area contributed by atoms with Gasteiger partial charge in [-0.05, 0) is 41.6 Å². The van der Waals surface area contributed by atoms with Gasteiger partial charge in [0.05, 0.1) is 11.9 Å². The van der Waals surface area contributed by atoms with E-state index in [9.17, 15) is 4.79 Å².